The van der Waals surface area contributed by atoms with Gasteiger partial charge in [-0.25, -0.2) is 0 Å². The zero-order valence-corrected chi connectivity index (χ0v) is 12.8. The highest BCUT2D eigenvalue weighted by atomic mass is 79.9. The molecule has 0 aliphatic rings. The third kappa shape index (κ3) is 2.76. The lowest BCUT2D eigenvalue weighted by Crippen LogP contribution is -2.02. The fourth-order valence-electron chi connectivity index (χ4n) is 1.99. The molecule has 96 valence electrons. The van der Waals surface area contributed by atoms with Crippen molar-refractivity contribution in [2.75, 3.05) is 12.3 Å². The Labute approximate surface area is 120 Å². The van der Waals surface area contributed by atoms with Crippen molar-refractivity contribution in [1.29, 1.82) is 0 Å². The summed E-state index contributed by atoms with van der Waals surface area (Å²) in [6, 6.07) is 8.26. The number of nitrogen functional groups attached to an aromatic ring is 1. The zero-order chi connectivity index (χ0) is 13.1. The molecule has 2 rings (SSSR count). The summed E-state index contributed by atoms with van der Waals surface area (Å²) in [5.74, 6) is 0. The highest BCUT2D eigenvalue weighted by Gasteiger charge is 2.17. The lowest BCUT2D eigenvalue weighted by Gasteiger charge is -2.14. The molecule has 4 heteroatoms. The smallest absolute Gasteiger partial charge is 0.0921 e. The maximum atomic E-state index is 6.07. The van der Waals surface area contributed by atoms with E-state index in [-0.39, 0.29) is 6.10 Å². The first-order chi connectivity index (χ1) is 8.63. The summed E-state index contributed by atoms with van der Waals surface area (Å²) in [6.45, 7) is 4.73. The van der Waals surface area contributed by atoms with Crippen LogP contribution in [0, 0.1) is 0 Å². The minimum absolute atomic E-state index is 0.0277. The molecule has 0 saturated heterocycles. The van der Waals surface area contributed by atoms with Crippen LogP contribution in [0.1, 0.15) is 25.5 Å². The number of ether oxygens (including phenoxy) is 1. The average Bonchev–Trinajstić information content (AvgIpc) is 2.72. The van der Waals surface area contributed by atoms with Crippen LogP contribution in [0.2, 0.25) is 0 Å². The predicted molar refractivity (Wildman–Crippen MR) is 81.9 cm³/mol. The SMILES string of the molecule is CCOC(C)c1c(-c2ccc(Br)cc2)csc1N. The Morgan fingerprint density at radius 1 is 1.33 bits per heavy atom. The number of anilines is 1. The van der Waals surface area contributed by atoms with Crippen molar-refractivity contribution in [3.63, 3.8) is 0 Å². The van der Waals surface area contributed by atoms with Crippen molar-refractivity contribution in [3.8, 4) is 11.1 Å². The lowest BCUT2D eigenvalue weighted by molar-refractivity contribution is 0.0775. The summed E-state index contributed by atoms with van der Waals surface area (Å²) in [4.78, 5) is 0. The Morgan fingerprint density at radius 2 is 2.00 bits per heavy atom. The first kappa shape index (κ1) is 13.6. The third-order valence-corrected chi connectivity index (χ3v) is 4.19. The van der Waals surface area contributed by atoms with E-state index in [9.17, 15) is 0 Å². The van der Waals surface area contributed by atoms with Crippen LogP contribution in [0.3, 0.4) is 0 Å². The number of rotatable bonds is 4. The molecule has 0 radical (unpaired) electrons. The summed E-state index contributed by atoms with van der Waals surface area (Å²) < 4.78 is 6.75. The number of benzene rings is 1. The Kier molecular flexibility index (Phi) is 4.43. The van der Waals surface area contributed by atoms with Crippen LogP contribution in [0.25, 0.3) is 11.1 Å². The molecule has 2 N–H and O–H groups in total. The first-order valence-electron chi connectivity index (χ1n) is 5.88. The third-order valence-electron chi connectivity index (χ3n) is 2.84. The van der Waals surface area contributed by atoms with Crippen molar-refractivity contribution in [3.05, 3.63) is 39.7 Å². The molecule has 0 aliphatic carbocycles. The van der Waals surface area contributed by atoms with Gasteiger partial charge in [0.15, 0.2) is 0 Å². The number of thiophene rings is 1. The second kappa shape index (κ2) is 5.87. The Bertz CT molecular complexity index is 521. The van der Waals surface area contributed by atoms with Gasteiger partial charge in [-0.15, -0.1) is 11.3 Å². The second-order valence-corrected chi connectivity index (χ2v) is 5.86. The largest absolute Gasteiger partial charge is 0.390 e. The molecule has 0 aliphatic heterocycles. The van der Waals surface area contributed by atoms with Crippen molar-refractivity contribution >= 4 is 32.3 Å². The monoisotopic (exact) mass is 325 g/mol. The Balaban J connectivity index is 2.42. The van der Waals surface area contributed by atoms with Gasteiger partial charge in [0.05, 0.1) is 11.1 Å². The van der Waals surface area contributed by atoms with Gasteiger partial charge in [-0.1, -0.05) is 28.1 Å². The molecule has 0 fully saturated rings. The van der Waals surface area contributed by atoms with Crippen LogP contribution in [-0.4, -0.2) is 6.61 Å². The van der Waals surface area contributed by atoms with Gasteiger partial charge < -0.3 is 10.5 Å². The van der Waals surface area contributed by atoms with E-state index in [2.05, 4.69) is 33.4 Å². The maximum absolute atomic E-state index is 6.07. The summed E-state index contributed by atoms with van der Waals surface area (Å²) in [5, 5.41) is 2.94. The summed E-state index contributed by atoms with van der Waals surface area (Å²) in [6.07, 6.45) is 0.0277. The van der Waals surface area contributed by atoms with Crippen molar-refractivity contribution in [2.45, 2.75) is 20.0 Å². The molecule has 2 nitrogen and oxygen atoms in total. The van der Waals surface area contributed by atoms with E-state index in [0.717, 1.165) is 15.0 Å². The molecule has 1 unspecified atom stereocenters. The van der Waals surface area contributed by atoms with Crippen LogP contribution >= 0.6 is 27.3 Å². The van der Waals surface area contributed by atoms with Gasteiger partial charge >= 0.3 is 0 Å². The highest BCUT2D eigenvalue weighted by Crippen LogP contribution is 2.39. The minimum Gasteiger partial charge on any atom is -0.390 e. The second-order valence-electron chi connectivity index (χ2n) is 4.03. The topological polar surface area (TPSA) is 35.2 Å². The van der Waals surface area contributed by atoms with Gasteiger partial charge in [-0.05, 0) is 31.5 Å². The summed E-state index contributed by atoms with van der Waals surface area (Å²) >= 11 is 5.02. The molecule has 1 atom stereocenters. The number of nitrogens with two attached hydrogens (primary N) is 1. The van der Waals surface area contributed by atoms with Gasteiger partial charge in [0, 0.05) is 27.6 Å². The van der Waals surface area contributed by atoms with Crippen LogP contribution in [-0.2, 0) is 4.74 Å². The van der Waals surface area contributed by atoms with E-state index in [1.165, 1.54) is 11.1 Å². The fraction of sp³-hybridized carbons (Fsp3) is 0.286. The van der Waals surface area contributed by atoms with Gasteiger partial charge in [-0.3, -0.25) is 0 Å². The zero-order valence-electron chi connectivity index (χ0n) is 10.4. The molecular formula is C14H16BrNOS. The number of halogens is 1. The quantitative estimate of drug-likeness (QED) is 0.871. The van der Waals surface area contributed by atoms with Crippen LogP contribution in [0.5, 0.6) is 0 Å². The fourth-order valence-corrected chi connectivity index (χ4v) is 3.16. The average molecular weight is 326 g/mol. The van der Waals surface area contributed by atoms with Crippen LogP contribution in [0.15, 0.2) is 34.1 Å². The number of hydrogen-bond donors (Lipinski definition) is 1. The van der Waals surface area contributed by atoms with E-state index in [4.69, 9.17) is 10.5 Å². The molecule has 18 heavy (non-hydrogen) atoms. The lowest BCUT2D eigenvalue weighted by atomic mass is 10.0. The Morgan fingerprint density at radius 3 is 2.61 bits per heavy atom. The van der Waals surface area contributed by atoms with Gasteiger partial charge in [-0.2, -0.15) is 0 Å². The van der Waals surface area contributed by atoms with E-state index < -0.39 is 0 Å². The molecule has 1 aromatic heterocycles. The van der Waals surface area contributed by atoms with E-state index in [0.29, 0.717) is 6.61 Å². The molecule has 0 spiro atoms. The predicted octanol–water partition coefficient (Wildman–Crippen LogP) is 4.86. The van der Waals surface area contributed by atoms with Crippen LogP contribution < -0.4 is 5.73 Å². The van der Waals surface area contributed by atoms with Crippen molar-refractivity contribution in [1.82, 2.24) is 0 Å². The van der Waals surface area contributed by atoms with E-state index in [1.54, 1.807) is 11.3 Å². The van der Waals surface area contributed by atoms with E-state index >= 15 is 0 Å². The van der Waals surface area contributed by atoms with Gasteiger partial charge in [0.25, 0.3) is 0 Å². The Hall–Kier alpha value is -0.840. The van der Waals surface area contributed by atoms with Crippen LogP contribution in [0.4, 0.5) is 5.00 Å². The molecular weight excluding hydrogens is 310 g/mol. The number of hydrogen-bond acceptors (Lipinski definition) is 3. The van der Waals surface area contributed by atoms with Crippen molar-refractivity contribution < 1.29 is 4.74 Å². The normalized spacial score (nSPS) is 12.6. The molecule has 1 heterocycles. The first-order valence-corrected chi connectivity index (χ1v) is 7.55. The maximum Gasteiger partial charge on any atom is 0.0921 e. The molecule has 2 aromatic rings. The minimum atomic E-state index is 0.0277. The van der Waals surface area contributed by atoms with Crippen molar-refractivity contribution in [2.24, 2.45) is 0 Å². The van der Waals surface area contributed by atoms with Gasteiger partial charge in [0.2, 0.25) is 0 Å². The van der Waals surface area contributed by atoms with Gasteiger partial charge in [0.1, 0.15) is 0 Å². The molecule has 0 amide bonds. The van der Waals surface area contributed by atoms with E-state index in [1.807, 2.05) is 26.0 Å². The summed E-state index contributed by atoms with van der Waals surface area (Å²) in [7, 11) is 0. The summed E-state index contributed by atoms with van der Waals surface area (Å²) in [5.41, 5.74) is 9.52. The molecule has 1 aromatic carbocycles. The highest BCUT2D eigenvalue weighted by molar-refractivity contribution is 9.10. The molecule has 0 bridgehead atoms. The standard InChI is InChI=1S/C14H16BrNOS/c1-3-17-9(2)13-12(8-18-14(13)16)10-4-6-11(15)7-5-10/h4-9H,3,16H2,1-2H3. The molecule has 0 saturated carbocycles.